The van der Waals surface area contributed by atoms with Crippen LogP contribution in [0.5, 0.6) is 11.5 Å². The van der Waals surface area contributed by atoms with E-state index >= 15 is 0 Å². The van der Waals surface area contributed by atoms with Gasteiger partial charge in [-0.3, -0.25) is 0 Å². The number of phenols is 1. The van der Waals surface area contributed by atoms with Crippen LogP contribution < -0.4 is 4.74 Å². The van der Waals surface area contributed by atoms with Crippen LogP contribution in [0.1, 0.15) is 0 Å². The molecule has 0 unspecified atom stereocenters. The lowest BCUT2D eigenvalue weighted by molar-refractivity contribution is 0.374. The van der Waals surface area contributed by atoms with Gasteiger partial charge in [-0.05, 0) is 33.4 Å². The Hall–Kier alpha value is -0.740. The molecule has 0 atom stereocenters. The molecule has 1 aromatic heterocycles. The number of ether oxygens (including phenoxy) is 1. The van der Waals surface area contributed by atoms with Gasteiger partial charge in [-0.1, -0.05) is 0 Å². The molecule has 0 saturated heterocycles. The summed E-state index contributed by atoms with van der Waals surface area (Å²) in [5.41, 5.74) is 0. The van der Waals surface area contributed by atoms with Gasteiger partial charge >= 0.3 is 0 Å². The Morgan fingerprint density at radius 3 is 2.85 bits per heavy atom. The van der Waals surface area contributed by atoms with Gasteiger partial charge in [0, 0.05) is 10.8 Å². The summed E-state index contributed by atoms with van der Waals surface area (Å²) in [4.78, 5) is 0. The van der Waals surface area contributed by atoms with Crippen molar-refractivity contribution in [3.05, 3.63) is 22.0 Å². The van der Waals surface area contributed by atoms with Gasteiger partial charge in [-0.25, -0.2) is 0 Å². The van der Waals surface area contributed by atoms with Gasteiger partial charge in [-0.15, -0.1) is 11.3 Å². The minimum atomic E-state index is 0.185. The largest absolute Gasteiger partial charge is 0.504 e. The molecule has 1 N–H and O–H groups in total. The molecule has 0 saturated carbocycles. The first-order valence-electron chi connectivity index (χ1n) is 3.67. The predicted molar refractivity (Wildman–Crippen MR) is 57.7 cm³/mol. The van der Waals surface area contributed by atoms with Crippen molar-refractivity contribution in [3.63, 3.8) is 0 Å². The first kappa shape index (κ1) is 8.84. The Morgan fingerprint density at radius 1 is 1.38 bits per heavy atom. The summed E-state index contributed by atoms with van der Waals surface area (Å²) in [5.74, 6) is 0.696. The smallest absolute Gasteiger partial charge is 0.161 e. The summed E-state index contributed by atoms with van der Waals surface area (Å²) in [6.07, 6.45) is 0. The quantitative estimate of drug-likeness (QED) is 0.850. The Bertz CT molecular complexity index is 450. The summed E-state index contributed by atoms with van der Waals surface area (Å²) >= 11 is 4.98. The van der Waals surface area contributed by atoms with Crippen LogP contribution in [0.3, 0.4) is 0 Å². The van der Waals surface area contributed by atoms with Crippen LogP contribution in [0, 0.1) is 0 Å². The standard InChI is InChI=1S/C9H7BrO2S/c1-12-7-2-5-3-9(10)13-8(5)4-6(7)11/h2-4,11H,1H3. The van der Waals surface area contributed by atoms with Crippen molar-refractivity contribution in [2.45, 2.75) is 0 Å². The molecule has 0 fully saturated rings. The molecule has 4 heteroatoms. The van der Waals surface area contributed by atoms with E-state index in [9.17, 15) is 5.11 Å². The highest BCUT2D eigenvalue weighted by atomic mass is 79.9. The fourth-order valence-electron chi connectivity index (χ4n) is 1.19. The lowest BCUT2D eigenvalue weighted by atomic mass is 10.2. The van der Waals surface area contributed by atoms with Crippen LogP contribution in [0.15, 0.2) is 22.0 Å². The van der Waals surface area contributed by atoms with E-state index in [0.717, 1.165) is 13.9 Å². The van der Waals surface area contributed by atoms with Gasteiger partial charge in [0.25, 0.3) is 0 Å². The molecule has 0 spiro atoms. The molecule has 2 rings (SSSR count). The number of hydrogen-bond acceptors (Lipinski definition) is 3. The molecule has 0 amide bonds. The molecule has 1 heterocycles. The molecule has 68 valence electrons. The van der Waals surface area contributed by atoms with Crippen molar-refractivity contribution in [1.29, 1.82) is 0 Å². The molecular weight excluding hydrogens is 252 g/mol. The first-order valence-corrected chi connectivity index (χ1v) is 5.27. The molecule has 2 aromatic rings. The zero-order valence-corrected chi connectivity index (χ0v) is 9.28. The van der Waals surface area contributed by atoms with Crippen molar-refractivity contribution in [3.8, 4) is 11.5 Å². The number of thiophene rings is 1. The Balaban J connectivity index is 2.72. The van der Waals surface area contributed by atoms with E-state index in [1.165, 1.54) is 0 Å². The third-order valence-corrected chi connectivity index (χ3v) is 3.39. The second kappa shape index (κ2) is 3.20. The zero-order valence-electron chi connectivity index (χ0n) is 6.87. The molecule has 0 aliphatic rings. The number of fused-ring (bicyclic) bond motifs is 1. The number of methoxy groups -OCH3 is 1. The molecule has 2 nitrogen and oxygen atoms in total. The third kappa shape index (κ3) is 1.51. The summed E-state index contributed by atoms with van der Waals surface area (Å²) in [7, 11) is 1.54. The molecule has 0 radical (unpaired) electrons. The van der Waals surface area contributed by atoms with Crippen LogP contribution in [0.4, 0.5) is 0 Å². The highest BCUT2D eigenvalue weighted by Crippen LogP contribution is 2.37. The number of rotatable bonds is 1. The van der Waals surface area contributed by atoms with Crippen LogP contribution in [0.25, 0.3) is 10.1 Å². The number of aromatic hydroxyl groups is 1. The van der Waals surface area contributed by atoms with E-state index in [4.69, 9.17) is 4.74 Å². The Labute approximate surface area is 87.9 Å². The van der Waals surface area contributed by atoms with Crippen molar-refractivity contribution < 1.29 is 9.84 Å². The topological polar surface area (TPSA) is 29.5 Å². The molecule has 0 aliphatic carbocycles. The van der Waals surface area contributed by atoms with Crippen LogP contribution >= 0.6 is 27.3 Å². The second-order valence-corrected chi connectivity index (χ2v) is 5.08. The minimum Gasteiger partial charge on any atom is -0.504 e. The first-order chi connectivity index (χ1) is 6.20. The van der Waals surface area contributed by atoms with E-state index in [1.807, 2.05) is 12.1 Å². The second-order valence-electron chi connectivity index (χ2n) is 2.61. The minimum absolute atomic E-state index is 0.185. The molecule has 0 aliphatic heterocycles. The lowest BCUT2D eigenvalue weighted by Gasteiger charge is -2.01. The van der Waals surface area contributed by atoms with E-state index in [1.54, 1.807) is 24.5 Å². The highest BCUT2D eigenvalue weighted by molar-refractivity contribution is 9.11. The zero-order chi connectivity index (χ0) is 9.42. The maximum atomic E-state index is 9.48. The normalized spacial score (nSPS) is 10.6. The highest BCUT2D eigenvalue weighted by Gasteiger charge is 2.06. The van der Waals surface area contributed by atoms with Crippen molar-refractivity contribution in [2.75, 3.05) is 7.11 Å². The van der Waals surface area contributed by atoms with Gasteiger partial charge in [0.15, 0.2) is 11.5 Å². The number of phenolic OH excluding ortho intramolecular Hbond substituents is 1. The average Bonchev–Trinajstić information content (AvgIpc) is 2.42. The molecule has 13 heavy (non-hydrogen) atoms. The van der Waals surface area contributed by atoms with Crippen LogP contribution in [0.2, 0.25) is 0 Å². The van der Waals surface area contributed by atoms with E-state index in [0.29, 0.717) is 5.75 Å². The van der Waals surface area contributed by atoms with E-state index in [2.05, 4.69) is 15.9 Å². The van der Waals surface area contributed by atoms with Gasteiger partial charge in [0.05, 0.1) is 10.9 Å². The van der Waals surface area contributed by atoms with Crippen LogP contribution in [-0.2, 0) is 0 Å². The summed E-state index contributed by atoms with van der Waals surface area (Å²) < 4.78 is 7.10. The molecule has 1 aromatic carbocycles. The monoisotopic (exact) mass is 258 g/mol. The SMILES string of the molecule is COc1cc2cc(Br)sc2cc1O. The van der Waals surface area contributed by atoms with Gasteiger partial charge < -0.3 is 9.84 Å². The maximum absolute atomic E-state index is 9.48. The van der Waals surface area contributed by atoms with Crippen molar-refractivity contribution >= 4 is 37.4 Å². The lowest BCUT2D eigenvalue weighted by Crippen LogP contribution is -1.81. The summed E-state index contributed by atoms with van der Waals surface area (Å²) in [6, 6.07) is 5.54. The van der Waals surface area contributed by atoms with E-state index < -0.39 is 0 Å². The molecular formula is C9H7BrO2S. The van der Waals surface area contributed by atoms with Crippen molar-refractivity contribution in [2.24, 2.45) is 0 Å². The fraction of sp³-hybridized carbons (Fsp3) is 0.111. The van der Waals surface area contributed by atoms with Gasteiger partial charge in [0.2, 0.25) is 0 Å². The number of halogens is 1. The summed E-state index contributed by atoms with van der Waals surface area (Å²) in [5, 5.41) is 10.6. The maximum Gasteiger partial charge on any atom is 0.161 e. The molecule has 0 bridgehead atoms. The third-order valence-electron chi connectivity index (χ3n) is 1.79. The van der Waals surface area contributed by atoms with Gasteiger partial charge in [0.1, 0.15) is 0 Å². The van der Waals surface area contributed by atoms with Crippen LogP contribution in [-0.4, -0.2) is 12.2 Å². The number of hydrogen-bond donors (Lipinski definition) is 1. The Kier molecular flexibility index (Phi) is 2.17. The van der Waals surface area contributed by atoms with E-state index in [-0.39, 0.29) is 5.75 Å². The van der Waals surface area contributed by atoms with Crippen molar-refractivity contribution in [1.82, 2.24) is 0 Å². The Morgan fingerprint density at radius 2 is 2.15 bits per heavy atom. The summed E-state index contributed by atoms with van der Waals surface area (Å²) in [6.45, 7) is 0. The average molecular weight is 259 g/mol. The fourth-order valence-corrected chi connectivity index (χ4v) is 2.76. The van der Waals surface area contributed by atoms with Gasteiger partial charge in [-0.2, -0.15) is 0 Å². The predicted octanol–water partition coefficient (Wildman–Crippen LogP) is 3.38. The number of benzene rings is 1.